The smallest absolute Gasteiger partial charge is 0.271 e. The van der Waals surface area contributed by atoms with Crippen molar-refractivity contribution in [1.29, 1.82) is 0 Å². The first-order valence-electron chi connectivity index (χ1n) is 9.81. The summed E-state index contributed by atoms with van der Waals surface area (Å²) >= 11 is 1.85. The summed E-state index contributed by atoms with van der Waals surface area (Å²) in [4.78, 5) is 35.1. The lowest BCUT2D eigenvalue weighted by Crippen LogP contribution is -2.48. The first-order chi connectivity index (χ1) is 14.1. The quantitative estimate of drug-likeness (QED) is 0.708. The number of piperidine rings is 1. The summed E-state index contributed by atoms with van der Waals surface area (Å²) in [7, 11) is 0. The minimum Gasteiger partial charge on any atom is -0.370 e. The molecule has 29 heavy (non-hydrogen) atoms. The fourth-order valence-corrected chi connectivity index (χ4v) is 5.54. The summed E-state index contributed by atoms with van der Waals surface area (Å²) in [6, 6.07) is 12.7. The Morgan fingerprint density at radius 1 is 1.17 bits per heavy atom. The molecule has 5 rings (SSSR count). The molecule has 1 saturated heterocycles. The van der Waals surface area contributed by atoms with E-state index >= 15 is 0 Å². The van der Waals surface area contributed by atoms with Crippen LogP contribution in [0.1, 0.15) is 33.8 Å². The molecular formula is C22H21N3O3S. The van der Waals surface area contributed by atoms with Gasteiger partial charge in [0.2, 0.25) is 0 Å². The molecule has 1 N–H and O–H groups in total. The molecule has 4 heterocycles. The van der Waals surface area contributed by atoms with Crippen LogP contribution in [0.4, 0.5) is 0 Å². The predicted molar refractivity (Wildman–Crippen MR) is 111 cm³/mol. The summed E-state index contributed by atoms with van der Waals surface area (Å²) in [6.07, 6.45) is 5.02. The normalized spacial score (nSPS) is 17.9. The van der Waals surface area contributed by atoms with E-state index in [2.05, 4.69) is 40.3 Å². The molecule has 0 aliphatic carbocycles. The predicted octanol–water partition coefficient (Wildman–Crippen LogP) is 3.20. The number of benzene rings is 1. The highest BCUT2D eigenvalue weighted by atomic mass is 32.1. The minimum absolute atomic E-state index is 0.184. The molecule has 0 bridgehead atoms. The maximum absolute atomic E-state index is 12.7. The highest BCUT2D eigenvalue weighted by Gasteiger charge is 2.43. The van der Waals surface area contributed by atoms with Crippen LogP contribution in [0, 0.1) is 0 Å². The number of carbonyl (C=O) groups excluding carboxylic acids is 1. The highest BCUT2D eigenvalue weighted by Crippen LogP contribution is 2.46. The number of ether oxygens (including phenoxy) is 1. The Morgan fingerprint density at radius 2 is 1.97 bits per heavy atom. The summed E-state index contributed by atoms with van der Waals surface area (Å²) < 4.78 is 6.33. The van der Waals surface area contributed by atoms with Gasteiger partial charge in [0.1, 0.15) is 5.69 Å². The Labute approximate surface area is 172 Å². The number of nitrogens with one attached hydrogen (secondary N) is 1. The van der Waals surface area contributed by atoms with Crippen molar-refractivity contribution in [3.63, 3.8) is 0 Å². The monoisotopic (exact) mass is 407 g/mol. The molecule has 1 fully saturated rings. The van der Waals surface area contributed by atoms with E-state index in [1.165, 1.54) is 33.3 Å². The maximum Gasteiger partial charge on any atom is 0.271 e. The number of hydrogen-bond acceptors (Lipinski definition) is 5. The zero-order valence-corrected chi connectivity index (χ0v) is 16.7. The van der Waals surface area contributed by atoms with Crippen molar-refractivity contribution in [3.05, 3.63) is 75.3 Å². The number of fused-ring (bicyclic) bond motifs is 2. The van der Waals surface area contributed by atoms with Crippen LogP contribution in [0.3, 0.4) is 0 Å². The Kier molecular flexibility index (Phi) is 4.56. The molecule has 6 nitrogen and oxygen atoms in total. The lowest BCUT2D eigenvalue weighted by molar-refractivity contribution is -0.0926. The van der Waals surface area contributed by atoms with Crippen molar-refractivity contribution >= 4 is 17.2 Å². The number of likely N-dealkylation sites (tertiary alicyclic amines) is 1. The van der Waals surface area contributed by atoms with Gasteiger partial charge in [0.25, 0.3) is 11.5 Å². The van der Waals surface area contributed by atoms with Crippen molar-refractivity contribution < 1.29 is 9.53 Å². The number of thiophene rings is 1. The summed E-state index contributed by atoms with van der Waals surface area (Å²) in [6.45, 7) is 1.89. The van der Waals surface area contributed by atoms with Crippen molar-refractivity contribution in [3.8, 4) is 10.4 Å². The fourth-order valence-electron chi connectivity index (χ4n) is 4.30. The minimum atomic E-state index is -0.365. The van der Waals surface area contributed by atoms with Gasteiger partial charge in [0.15, 0.2) is 0 Å². The molecule has 1 aromatic carbocycles. The molecule has 0 atom stereocenters. The van der Waals surface area contributed by atoms with E-state index in [1.807, 2.05) is 17.4 Å². The first kappa shape index (κ1) is 18.3. The molecule has 1 spiro atoms. The van der Waals surface area contributed by atoms with Crippen molar-refractivity contribution in [2.45, 2.75) is 24.9 Å². The number of nitrogens with zero attached hydrogens (tertiary/aromatic N) is 2. The Balaban J connectivity index is 1.38. The van der Waals surface area contributed by atoms with Crippen LogP contribution in [0.15, 0.2) is 53.6 Å². The third-order valence-electron chi connectivity index (χ3n) is 5.81. The van der Waals surface area contributed by atoms with Crippen molar-refractivity contribution in [1.82, 2.24) is 14.9 Å². The van der Waals surface area contributed by atoms with E-state index in [4.69, 9.17) is 4.74 Å². The van der Waals surface area contributed by atoms with Gasteiger partial charge in [-0.3, -0.25) is 14.6 Å². The van der Waals surface area contributed by atoms with E-state index in [9.17, 15) is 9.59 Å². The molecule has 0 saturated carbocycles. The third-order valence-corrected chi connectivity index (χ3v) is 7.05. The molecule has 148 valence electrons. The van der Waals surface area contributed by atoms with Gasteiger partial charge in [-0.15, -0.1) is 11.3 Å². The number of H-pyrrole nitrogens is 1. The van der Waals surface area contributed by atoms with Crippen LogP contribution in [0.2, 0.25) is 0 Å². The van der Waals surface area contributed by atoms with Gasteiger partial charge >= 0.3 is 0 Å². The summed E-state index contributed by atoms with van der Waals surface area (Å²) in [5, 5.41) is 0. The highest BCUT2D eigenvalue weighted by molar-refractivity contribution is 7.15. The van der Waals surface area contributed by atoms with Gasteiger partial charge in [-0.1, -0.05) is 30.3 Å². The number of hydrogen-bond donors (Lipinski definition) is 1. The van der Waals surface area contributed by atoms with Crippen molar-refractivity contribution in [2.24, 2.45) is 0 Å². The molecule has 2 aliphatic rings. The maximum atomic E-state index is 12.7. The topological polar surface area (TPSA) is 75.3 Å². The summed E-state index contributed by atoms with van der Waals surface area (Å²) in [5.41, 5.74) is 2.07. The molecule has 3 aromatic rings. The molecule has 0 radical (unpaired) electrons. The second-order valence-corrected chi connectivity index (χ2v) is 8.65. The molecule has 2 aromatic heterocycles. The van der Waals surface area contributed by atoms with E-state index < -0.39 is 0 Å². The lowest BCUT2D eigenvalue weighted by atomic mass is 9.82. The lowest BCUT2D eigenvalue weighted by Gasteiger charge is -2.44. The number of aromatic nitrogens is 2. The number of aromatic amines is 1. The van der Waals surface area contributed by atoms with Gasteiger partial charge in [-0.25, -0.2) is 0 Å². The SMILES string of the molecule is O=C(c1cncc(=O)[nH]1)N1CCC2(CC1)OCCc1sc(-c3ccccc3)cc12. The van der Waals surface area contributed by atoms with Gasteiger partial charge in [-0.2, -0.15) is 0 Å². The average molecular weight is 407 g/mol. The molecule has 0 unspecified atom stereocenters. The molecule has 1 amide bonds. The molecule has 2 aliphatic heterocycles. The number of carbonyl (C=O) groups is 1. The standard InChI is InChI=1S/C22H21N3O3S/c26-20-14-23-13-17(24-20)21(27)25-9-7-22(8-10-25)16-12-19(15-4-2-1-3-5-15)29-18(16)6-11-28-22/h1-5,12-14H,6-11H2,(H,24,26). The van der Waals surface area contributed by atoms with Gasteiger partial charge in [0, 0.05) is 29.3 Å². The molecular weight excluding hydrogens is 386 g/mol. The van der Waals surface area contributed by atoms with E-state index in [1.54, 1.807) is 4.90 Å². The van der Waals surface area contributed by atoms with Crippen LogP contribution in [-0.4, -0.2) is 40.5 Å². The van der Waals surface area contributed by atoms with Gasteiger partial charge in [0.05, 0.1) is 24.6 Å². The van der Waals surface area contributed by atoms with Crippen LogP contribution < -0.4 is 5.56 Å². The van der Waals surface area contributed by atoms with Crippen LogP contribution in [0.5, 0.6) is 0 Å². The number of amides is 1. The van der Waals surface area contributed by atoms with Crippen LogP contribution in [-0.2, 0) is 16.8 Å². The summed E-state index contributed by atoms with van der Waals surface area (Å²) in [5.74, 6) is -0.184. The van der Waals surface area contributed by atoms with E-state index in [-0.39, 0.29) is 22.8 Å². The Bertz CT molecular complexity index is 1100. The zero-order valence-electron chi connectivity index (χ0n) is 15.9. The van der Waals surface area contributed by atoms with Gasteiger partial charge < -0.3 is 14.6 Å². The largest absolute Gasteiger partial charge is 0.370 e. The third kappa shape index (κ3) is 3.30. The van der Waals surface area contributed by atoms with Gasteiger partial charge in [-0.05, 0) is 30.0 Å². The average Bonchev–Trinajstić information content (AvgIpc) is 3.21. The van der Waals surface area contributed by atoms with E-state index in [0.717, 1.165) is 19.3 Å². The Morgan fingerprint density at radius 3 is 2.72 bits per heavy atom. The van der Waals surface area contributed by atoms with Crippen LogP contribution >= 0.6 is 11.3 Å². The van der Waals surface area contributed by atoms with Crippen LogP contribution in [0.25, 0.3) is 10.4 Å². The second-order valence-electron chi connectivity index (χ2n) is 7.51. The zero-order chi connectivity index (χ0) is 19.8. The first-order valence-corrected chi connectivity index (χ1v) is 10.6. The van der Waals surface area contributed by atoms with E-state index in [0.29, 0.717) is 19.7 Å². The van der Waals surface area contributed by atoms with Crippen molar-refractivity contribution in [2.75, 3.05) is 19.7 Å². The molecule has 7 heteroatoms. The Hall–Kier alpha value is -2.77. The number of rotatable bonds is 2. The fraction of sp³-hybridized carbons (Fsp3) is 0.318. The second kappa shape index (κ2) is 7.24.